The van der Waals surface area contributed by atoms with Crippen molar-refractivity contribution in [3.8, 4) is 11.5 Å². The highest BCUT2D eigenvalue weighted by atomic mass is 16.3. The fourth-order valence-corrected chi connectivity index (χ4v) is 5.39. The molecule has 2 aliphatic rings. The third-order valence-corrected chi connectivity index (χ3v) is 7.20. The molecule has 0 aromatic heterocycles. The molecule has 2 N–H and O–H groups in total. The van der Waals surface area contributed by atoms with Crippen molar-refractivity contribution in [1.29, 1.82) is 0 Å². The molecule has 3 rings (SSSR count). The van der Waals surface area contributed by atoms with E-state index in [2.05, 4.69) is 27.4 Å². The molecule has 1 aromatic rings. The summed E-state index contributed by atoms with van der Waals surface area (Å²) >= 11 is 0. The average Bonchev–Trinajstić information content (AvgIpc) is 2.50. The highest BCUT2D eigenvalue weighted by Gasteiger charge is 2.53. The molecule has 0 aliphatic heterocycles. The zero-order valence-electron chi connectivity index (χ0n) is 14.7. The lowest BCUT2D eigenvalue weighted by atomic mass is 9.46. The Balaban J connectivity index is 1.99. The maximum absolute atomic E-state index is 10.2. The van der Waals surface area contributed by atoms with E-state index >= 15 is 0 Å². The third-order valence-electron chi connectivity index (χ3n) is 7.20. The largest absolute Gasteiger partial charge is 0.508 e. The van der Waals surface area contributed by atoms with Crippen LogP contribution in [0, 0.1) is 22.7 Å². The number of aromatic hydroxyl groups is 2. The van der Waals surface area contributed by atoms with Crippen LogP contribution in [-0.2, 0) is 6.42 Å². The Morgan fingerprint density at radius 1 is 1.22 bits per heavy atom. The SMILES string of the molecule is C=C1CCC[C@@H]2[C@](C)(Cc3cc(O)ccc3O)[C@@H](C)CC[C@@]12C. The van der Waals surface area contributed by atoms with Gasteiger partial charge in [0.2, 0.25) is 0 Å². The van der Waals surface area contributed by atoms with Crippen molar-refractivity contribution in [2.75, 3.05) is 0 Å². The number of phenols is 2. The number of allylic oxidation sites excluding steroid dienone is 1. The van der Waals surface area contributed by atoms with Gasteiger partial charge in [-0.1, -0.05) is 32.9 Å². The van der Waals surface area contributed by atoms with Gasteiger partial charge in [0.1, 0.15) is 11.5 Å². The van der Waals surface area contributed by atoms with Crippen LogP contribution in [0.25, 0.3) is 0 Å². The molecule has 2 fully saturated rings. The fraction of sp³-hybridized carbons (Fsp3) is 0.619. The van der Waals surface area contributed by atoms with Gasteiger partial charge in [-0.05, 0) is 85.0 Å². The molecule has 2 aliphatic carbocycles. The molecular formula is C21H30O2. The molecule has 0 radical (unpaired) electrons. The zero-order valence-corrected chi connectivity index (χ0v) is 14.7. The summed E-state index contributed by atoms with van der Waals surface area (Å²) in [5.74, 6) is 1.74. The van der Waals surface area contributed by atoms with Crippen molar-refractivity contribution in [1.82, 2.24) is 0 Å². The third kappa shape index (κ3) is 2.56. The van der Waals surface area contributed by atoms with Gasteiger partial charge in [0.05, 0.1) is 0 Å². The van der Waals surface area contributed by atoms with Crippen LogP contribution in [0.1, 0.15) is 58.4 Å². The van der Waals surface area contributed by atoms with Gasteiger partial charge >= 0.3 is 0 Å². The minimum atomic E-state index is 0.127. The molecule has 0 heterocycles. The van der Waals surface area contributed by atoms with Gasteiger partial charge in [-0.3, -0.25) is 0 Å². The second-order valence-corrected chi connectivity index (χ2v) is 8.40. The van der Waals surface area contributed by atoms with Crippen LogP contribution in [-0.4, -0.2) is 10.2 Å². The molecule has 1 aromatic carbocycles. The highest BCUT2D eigenvalue weighted by molar-refractivity contribution is 5.39. The summed E-state index contributed by atoms with van der Waals surface area (Å²) in [7, 11) is 0. The normalized spacial score (nSPS) is 37.4. The fourth-order valence-electron chi connectivity index (χ4n) is 5.39. The van der Waals surface area contributed by atoms with Crippen LogP contribution in [0.4, 0.5) is 0 Å². The molecule has 4 atom stereocenters. The second kappa shape index (κ2) is 5.58. The quantitative estimate of drug-likeness (QED) is 0.564. The molecule has 23 heavy (non-hydrogen) atoms. The summed E-state index contributed by atoms with van der Waals surface area (Å²) in [6.45, 7) is 11.6. The van der Waals surface area contributed by atoms with Gasteiger partial charge in [0, 0.05) is 0 Å². The Morgan fingerprint density at radius 3 is 2.70 bits per heavy atom. The van der Waals surface area contributed by atoms with E-state index < -0.39 is 0 Å². The number of fused-ring (bicyclic) bond motifs is 1. The minimum Gasteiger partial charge on any atom is -0.508 e. The first kappa shape index (κ1) is 16.4. The topological polar surface area (TPSA) is 40.5 Å². The first-order chi connectivity index (χ1) is 10.8. The number of rotatable bonds is 2. The molecule has 2 saturated carbocycles. The van der Waals surface area contributed by atoms with Crippen LogP contribution in [0.15, 0.2) is 30.4 Å². The van der Waals surface area contributed by atoms with E-state index in [0.29, 0.717) is 17.6 Å². The number of hydrogen-bond donors (Lipinski definition) is 2. The Bertz CT molecular complexity index is 620. The maximum Gasteiger partial charge on any atom is 0.119 e. The van der Waals surface area contributed by atoms with Crippen LogP contribution in [0.5, 0.6) is 11.5 Å². The molecule has 0 saturated heterocycles. The summed E-state index contributed by atoms with van der Waals surface area (Å²) in [6.07, 6.45) is 6.90. The first-order valence-electron chi connectivity index (χ1n) is 8.96. The summed E-state index contributed by atoms with van der Waals surface area (Å²) in [5, 5.41) is 20.1. The van der Waals surface area contributed by atoms with Crippen LogP contribution >= 0.6 is 0 Å². The van der Waals surface area contributed by atoms with E-state index in [1.165, 1.54) is 31.3 Å². The van der Waals surface area contributed by atoms with Crippen molar-refractivity contribution < 1.29 is 10.2 Å². The van der Waals surface area contributed by atoms with Crippen LogP contribution in [0.3, 0.4) is 0 Å². The van der Waals surface area contributed by atoms with Crippen LogP contribution in [0.2, 0.25) is 0 Å². The van der Waals surface area contributed by atoms with Crippen molar-refractivity contribution >= 4 is 0 Å². The monoisotopic (exact) mass is 314 g/mol. The lowest BCUT2D eigenvalue weighted by molar-refractivity contribution is -0.0491. The van der Waals surface area contributed by atoms with E-state index in [-0.39, 0.29) is 16.6 Å². The van der Waals surface area contributed by atoms with E-state index in [4.69, 9.17) is 0 Å². The van der Waals surface area contributed by atoms with E-state index in [9.17, 15) is 10.2 Å². The van der Waals surface area contributed by atoms with Crippen molar-refractivity contribution in [3.63, 3.8) is 0 Å². The van der Waals surface area contributed by atoms with Gasteiger partial charge in [0.15, 0.2) is 0 Å². The van der Waals surface area contributed by atoms with E-state index in [1.54, 1.807) is 18.2 Å². The molecule has 2 nitrogen and oxygen atoms in total. The van der Waals surface area contributed by atoms with Crippen molar-refractivity contribution in [3.05, 3.63) is 35.9 Å². The van der Waals surface area contributed by atoms with Crippen molar-refractivity contribution in [2.45, 2.75) is 59.3 Å². The van der Waals surface area contributed by atoms with Gasteiger partial charge in [-0.2, -0.15) is 0 Å². The Labute approximate surface area is 140 Å². The number of phenolic OH excluding ortho intramolecular Hbond substituents is 2. The first-order valence-corrected chi connectivity index (χ1v) is 8.96. The lowest BCUT2D eigenvalue weighted by Crippen LogP contribution is -2.51. The molecule has 0 amide bonds. The standard InChI is InChI=1S/C21H30O2/c1-14-6-5-7-19-20(14,3)11-10-15(2)21(19,4)13-16-12-17(22)8-9-18(16)23/h8-9,12,15,19,22-23H,1,5-7,10-11,13H2,2-4H3/t15-,19-,20-,21+/m0/s1. The average molecular weight is 314 g/mol. The Morgan fingerprint density at radius 2 is 1.96 bits per heavy atom. The molecular weight excluding hydrogens is 284 g/mol. The lowest BCUT2D eigenvalue weighted by Gasteiger charge is -2.58. The molecule has 0 spiro atoms. The second-order valence-electron chi connectivity index (χ2n) is 8.40. The summed E-state index contributed by atoms with van der Waals surface area (Å²) in [6, 6.07) is 4.90. The molecule has 2 heteroatoms. The minimum absolute atomic E-state index is 0.127. The highest BCUT2D eigenvalue weighted by Crippen LogP contribution is 2.62. The Kier molecular flexibility index (Phi) is 3.98. The molecule has 0 bridgehead atoms. The number of hydrogen-bond acceptors (Lipinski definition) is 2. The maximum atomic E-state index is 10.2. The predicted molar refractivity (Wildman–Crippen MR) is 94.6 cm³/mol. The predicted octanol–water partition coefficient (Wildman–Crippen LogP) is 5.44. The van der Waals surface area contributed by atoms with Crippen LogP contribution < -0.4 is 0 Å². The van der Waals surface area contributed by atoms with E-state index in [1.807, 2.05) is 0 Å². The van der Waals surface area contributed by atoms with Crippen molar-refractivity contribution in [2.24, 2.45) is 22.7 Å². The molecule has 126 valence electrons. The zero-order chi connectivity index (χ0) is 16.8. The summed E-state index contributed by atoms with van der Waals surface area (Å²) in [4.78, 5) is 0. The number of benzene rings is 1. The van der Waals surface area contributed by atoms with Gasteiger partial charge < -0.3 is 10.2 Å². The Hall–Kier alpha value is -1.44. The van der Waals surface area contributed by atoms with Gasteiger partial charge in [-0.15, -0.1) is 0 Å². The van der Waals surface area contributed by atoms with Gasteiger partial charge in [-0.25, -0.2) is 0 Å². The van der Waals surface area contributed by atoms with E-state index in [0.717, 1.165) is 18.4 Å². The summed E-state index contributed by atoms with van der Waals surface area (Å²) < 4.78 is 0. The van der Waals surface area contributed by atoms with Gasteiger partial charge in [0.25, 0.3) is 0 Å². The smallest absolute Gasteiger partial charge is 0.119 e. The summed E-state index contributed by atoms with van der Waals surface area (Å²) in [5.41, 5.74) is 2.65. The molecule has 0 unspecified atom stereocenters.